The summed E-state index contributed by atoms with van der Waals surface area (Å²) < 4.78 is 6.17. The maximum atomic E-state index is 10.5. The fraction of sp³-hybridized carbons (Fsp3) is 0.850. The molecule has 2 aliphatic heterocycles. The highest BCUT2D eigenvalue weighted by atomic mass is 32.2. The molecule has 0 unspecified atom stereocenters. The maximum absolute atomic E-state index is 10.5. The van der Waals surface area contributed by atoms with E-state index in [9.17, 15) is 4.79 Å². The third kappa shape index (κ3) is 6.44. The van der Waals surface area contributed by atoms with Crippen molar-refractivity contribution in [1.29, 1.82) is 0 Å². The second-order valence-corrected chi connectivity index (χ2v) is 8.48. The molecule has 0 radical (unpaired) electrons. The first-order valence-corrected chi connectivity index (χ1v) is 10.9. The van der Waals surface area contributed by atoms with Crippen molar-refractivity contribution in [1.82, 2.24) is 0 Å². The zero-order valence-electron chi connectivity index (χ0n) is 15.1. The molecule has 0 saturated carbocycles. The van der Waals surface area contributed by atoms with Gasteiger partial charge in [-0.3, -0.25) is 4.79 Å². The van der Waals surface area contributed by atoms with Crippen molar-refractivity contribution in [2.24, 2.45) is 5.92 Å². The van der Waals surface area contributed by atoms with Gasteiger partial charge in [0.05, 0.1) is 12.2 Å². The van der Waals surface area contributed by atoms with Gasteiger partial charge in [0.2, 0.25) is 0 Å². The number of aliphatic carboxylic acids is 1. The Kier molecular flexibility index (Phi) is 9.26. The predicted molar refractivity (Wildman–Crippen MR) is 102 cm³/mol. The number of allylic oxidation sites excluding steroid dienone is 2. The molecule has 3 nitrogen and oxygen atoms in total. The van der Waals surface area contributed by atoms with Gasteiger partial charge in [-0.05, 0) is 44.3 Å². The zero-order chi connectivity index (χ0) is 17.2. The van der Waals surface area contributed by atoms with Gasteiger partial charge in [-0.1, -0.05) is 44.8 Å². The average Bonchev–Trinajstić information content (AvgIpc) is 3.15. The minimum Gasteiger partial charge on any atom is -0.481 e. The van der Waals surface area contributed by atoms with Crippen LogP contribution in [0.4, 0.5) is 0 Å². The van der Waals surface area contributed by atoms with Gasteiger partial charge in [0.25, 0.3) is 0 Å². The van der Waals surface area contributed by atoms with Gasteiger partial charge >= 0.3 is 5.97 Å². The Balaban J connectivity index is 1.65. The van der Waals surface area contributed by atoms with Crippen LogP contribution in [0, 0.1) is 5.92 Å². The molecule has 2 fully saturated rings. The minimum atomic E-state index is -0.694. The van der Waals surface area contributed by atoms with Crippen LogP contribution in [0.15, 0.2) is 12.2 Å². The molecule has 0 amide bonds. The van der Waals surface area contributed by atoms with Gasteiger partial charge in [0.1, 0.15) is 0 Å². The lowest BCUT2D eigenvalue weighted by Gasteiger charge is -2.26. The molecule has 0 aromatic heterocycles. The summed E-state index contributed by atoms with van der Waals surface area (Å²) in [6.45, 7) is 2.27. The minimum absolute atomic E-state index is 0.276. The van der Waals surface area contributed by atoms with Crippen LogP contribution in [-0.2, 0) is 9.53 Å². The third-order valence-electron chi connectivity index (χ3n) is 5.25. The van der Waals surface area contributed by atoms with Crippen LogP contribution in [0.2, 0.25) is 0 Å². The summed E-state index contributed by atoms with van der Waals surface area (Å²) in [5, 5.41) is 9.34. The third-order valence-corrected chi connectivity index (χ3v) is 6.81. The fourth-order valence-electron chi connectivity index (χ4n) is 3.92. The highest BCUT2D eigenvalue weighted by Gasteiger charge is 2.48. The van der Waals surface area contributed by atoms with Crippen LogP contribution >= 0.6 is 11.8 Å². The van der Waals surface area contributed by atoms with E-state index in [-0.39, 0.29) is 6.42 Å². The highest BCUT2D eigenvalue weighted by molar-refractivity contribution is 7.99. The molecule has 4 atom stereocenters. The van der Waals surface area contributed by atoms with Crippen molar-refractivity contribution in [2.45, 2.75) is 95.0 Å². The zero-order valence-corrected chi connectivity index (χ0v) is 15.9. The largest absolute Gasteiger partial charge is 0.481 e. The number of ether oxygens (including phenoxy) is 1. The van der Waals surface area contributed by atoms with E-state index in [1.807, 2.05) is 0 Å². The van der Waals surface area contributed by atoms with E-state index in [1.54, 1.807) is 0 Å². The average molecular weight is 355 g/mol. The van der Waals surface area contributed by atoms with Crippen LogP contribution in [0.3, 0.4) is 0 Å². The molecule has 4 heteroatoms. The lowest BCUT2D eigenvalue weighted by molar-refractivity contribution is -0.137. The van der Waals surface area contributed by atoms with Gasteiger partial charge in [-0.2, -0.15) is 11.8 Å². The SMILES string of the molecule is CCCCCCCS[C@@H]1[C@@H](CC=CCCCC(=O)O)[C@H]2CC[C@@H]1O2. The smallest absolute Gasteiger partial charge is 0.303 e. The van der Waals surface area contributed by atoms with Crippen LogP contribution in [-0.4, -0.2) is 34.3 Å². The molecule has 24 heavy (non-hydrogen) atoms. The van der Waals surface area contributed by atoms with E-state index < -0.39 is 5.97 Å². The standard InChI is InChI=1S/C20H34O3S/c1-2-3-4-7-10-15-24-20-16(17-13-14-18(20)23-17)11-8-5-6-9-12-19(21)22/h5,8,16-18,20H,2-4,6-7,9-15H2,1H3,(H,21,22)/t16-,17+,18-,20+/m0/s1. The van der Waals surface area contributed by atoms with E-state index in [4.69, 9.17) is 9.84 Å². The second-order valence-electron chi connectivity index (χ2n) is 7.20. The number of rotatable bonds is 13. The molecule has 0 aliphatic carbocycles. The second kappa shape index (κ2) is 11.2. The number of carboxylic acid groups (broad SMARTS) is 1. The van der Waals surface area contributed by atoms with Crippen LogP contribution in [0.25, 0.3) is 0 Å². The molecule has 0 aromatic rings. The molecular formula is C20H34O3S. The van der Waals surface area contributed by atoms with Crippen molar-refractivity contribution in [3.63, 3.8) is 0 Å². The van der Waals surface area contributed by atoms with E-state index >= 15 is 0 Å². The molecule has 2 aliphatic rings. The van der Waals surface area contributed by atoms with Crippen molar-refractivity contribution < 1.29 is 14.6 Å². The Labute approximate surface area is 151 Å². The lowest BCUT2D eigenvalue weighted by atomic mass is 9.86. The van der Waals surface area contributed by atoms with Crippen LogP contribution < -0.4 is 0 Å². The Morgan fingerprint density at radius 3 is 2.71 bits per heavy atom. The molecule has 0 spiro atoms. The summed E-state index contributed by atoms with van der Waals surface area (Å²) in [5.41, 5.74) is 0. The van der Waals surface area contributed by atoms with Crippen LogP contribution in [0.5, 0.6) is 0 Å². The Bertz CT molecular complexity index is 396. The van der Waals surface area contributed by atoms with E-state index in [0.29, 0.717) is 23.4 Å². The number of carbonyl (C=O) groups is 1. The van der Waals surface area contributed by atoms with Gasteiger partial charge in [0, 0.05) is 17.6 Å². The first-order valence-electron chi connectivity index (χ1n) is 9.86. The quantitative estimate of drug-likeness (QED) is 0.353. The van der Waals surface area contributed by atoms with Gasteiger partial charge in [-0.15, -0.1) is 0 Å². The first-order chi connectivity index (χ1) is 11.7. The molecule has 138 valence electrons. The van der Waals surface area contributed by atoms with E-state index in [0.717, 1.165) is 19.3 Å². The maximum Gasteiger partial charge on any atom is 0.303 e. The normalized spacial score (nSPS) is 28.9. The molecule has 2 rings (SSSR count). The topological polar surface area (TPSA) is 46.5 Å². The summed E-state index contributed by atoms with van der Waals surface area (Å²) in [5.74, 6) is 1.25. The van der Waals surface area contributed by atoms with Crippen molar-refractivity contribution in [3.05, 3.63) is 12.2 Å². The molecule has 2 heterocycles. The van der Waals surface area contributed by atoms with Crippen molar-refractivity contribution in [2.75, 3.05) is 5.75 Å². The van der Waals surface area contributed by atoms with Crippen molar-refractivity contribution >= 4 is 17.7 Å². The molecule has 0 aromatic carbocycles. The number of thioether (sulfide) groups is 1. The molecular weight excluding hydrogens is 320 g/mol. The summed E-state index contributed by atoms with van der Waals surface area (Å²) in [7, 11) is 0. The number of carboxylic acids is 1. The summed E-state index contributed by atoms with van der Waals surface area (Å²) in [6.07, 6.45) is 17.7. The van der Waals surface area contributed by atoms with Gasteiger partial charge in [0.15, 0.2) is 0 Å². The van der Waals surface area contributed by atoms with Crippen molar-refractivity contribution in [3.8, 4) is 0 Å². The number of fused-ring (bicyclic) bond motifs is 2. The predicted octanol–water partition coefficient (Wildman–Crippen LogP) is 5.44. The lowest BCUT2D eigenvalue weighted by Crippen LogP contribution is -2.29. The van der Waals surface area contributed by atoms with E-state index in [2.05, 4.69) is 30.8 Å². The number of unbranched alkanes of at least 4 members (excludes halogenated alkanes) is 5. The summed E-state index contributed by atoms with van der Waals surface area (Å²) in [6, 6.07) is 0. The monoisotopic (exact) mass is 354 g/mol. The Hall–Kier alpha value is -0.480. The number of hydrogen-bond acceptors (Lipinski definition) is 3. The van der Waals surface area contributed by atoms with Crippen LogP contribution in [0.1, 0.15) is 77.6 Å². The molecule has 2 saturated heterocycles. The van der Waals surface area contributed by atoms with Gasteiger partial charge in [-0.25, -0.2) is 0 Å². The first kappa shape index (κ1) is 19.8. The Morgan fingerprint density at radius 1 is 1.12 bits per heavy atom. The van der Waals surface area contributed by atoms with Gasteiger partial charge < -0.3 is 9.84 Å². The Morgan fingerprint density at radius 2 is 1.92 bits per heavy atom. The number of hydrogen-bond donors (Lipinski definition) is 1. The van der Waals surface area contributed by atoms with E-state index in [1.165, 1.54) is 50.7 Å². The molecule has 1 N–H and O–H groups in total. The summed E-state index contributed by atoms with van der Waals surface area (Å²) in [4.78, 5) is 10.5. The highest BCUT2D eigenvalue weighted by Crippen LogP contribution is 2.46. The molecule has 2 bridgehead atoms. The summed E-state index contributed by atoms with van der Waals surface area (Å²) >= 11 is 2.15. The fourth-order valence-corrected chi connectivity index (χ4v) is 5.51.